The van der Waals surface area contributed by atoms with Crippen LogP contribution in [-0.4, -0.2) is 10.9 Å². The number of fused-ring (bicyclic) bond motifs is 3. The van der Waals surface area contributed by atoms with Crippen LogP contribution in [0.15, 0.2) is 84.6 Å². The highest BCUT2D eigenvalue weighted by atomic mass is 16.3. The van der Waals surface area contributed by atoms with Crippen LogP contribution in [0.5, 0.6) is 0 Å². The van der Waals surface area contributed by atoms with E-state index in [9.17, 15) is 4.79 Å². The Bertz CT molecular complexity index is 1250. The number of benzene rings is 3. The molecule has 3 nitrogen and oxygen atoms in total. The molecule has 0 aliphatic heterocycles. The third kappa shape index (κ3) is 6.07. The fourth-order valence-electron chi connectivity index (χ4n) is 4.10. The van der Waals surface area contributed by atoms with Crippen LogP contribution in [0.2, 0.25) is 0 Å². The molecule has 0 saturated carbocycles. The third-order valence-electron chi connectivity index (χ3n) is 5.32. The minimum Gasteiger partial charge on any atom is -0.512 e. The summed E-state index contributed by atoms with van der Waals surface area (Å²) in [5, 5.41) is 12.4. The number of aliphatic hydroxyl groups is 1. The van der Waals surface area contributed by atoms with E-state index in [0.717, 1.165) is 13.0 Å². The molecule has 4 rings (SSSR count). The van der Waals surface area contributed by atoms with E-state index in [1.165, 1.54) is 58.4 Å². The number of pyridine rings is 1. The van der Waals surface area contributed by atoms with E-state index in [0.29, 0.717) is 0 Å². The Morgan fingerprint density at radius 2 is 1.36 bits per heavy atom. The summed E-state index contributed by atoms with van der Waals surface area (Å²) in [6, 6.07) is 26.3. The van der Waals surface area contributed by atoms with Gasteiger partial charge in [-0.15, -0.1) is 0 Å². The number of carbonyl (C=O) groups is 1. The SMILES string of the molecule is CC.CC(=O)/C=C(/C)O.CCc1ccccc1-c1c2ccccc2c2ccccc2[n+]1CC. The molecule has 0 spiro atoms. The number of allylic oxidation sites excluding steroid dienone is 2. The van der Waals surface area contributed by atoms with Gasteiger partial charge in [-0.05, 0) is 51.0 Å². The molecule has 4 aromatic rings. The van der Waals surface area contributed by atoms with Crippen molar-refractivity contribution in [3.05, 3.63) is 90.2 Å². The van der Waals surface area contributed by atoms with Gasteiger partial charge in [-0.3, -0.25) is 4.79 Å². The molecule has 3 heteroatoms. The number of hydrogen-bond acceptors (Lipinski definition) is 2. The molecule has 0 amide bonds. The maximum Gasteiger partial charge on any atom is 0.221 e. The van der Waals surface area contributed by atoms with E-state index in [4.69, 9.17) is 5.11 Å². The summed E-state index contributed by atoms with van der Waals surface area (Å²) >= 11 is 0. The molecule has 0 unspecified atom stereocenters. The molecule has 3 aromatic carbocycles. The van der Waals surface area contributed by atoms with Gasteiger partial charge >= 0.3 is 0 Å². The van der Waals surface area contributed by atoms with Crippen LogP contribution in [0.25, 0.3) is 32.9 Å². The Morgan fingerprint density at radius 1 is 0.818 bits per heavy atom. The zero-order chi connectivity index (χ0) is 24.4. The van der Waals surface area contributed by atoms with E-state index in [1.54, 1.807) is 0 Å². The number of para-hydroxylation sites is 1. The van der Waals surface area contributed by atoms with Crippen LogP contribution in [0, 0.1) is 0 Å². The summed E-state index contributed by atoms with van der Waals surface area (Å²) in [5.41, 5.74) is 5.40. The first-order chi connectivity index (χ1) is 16.0. The Morgan fingerprint density at radius 3 is 1.91 bits per heavy atom. The minimum atomic E-state index is -0.125. The number of aryl methyl sites for hydroxylation is 2. The lowest BCUT2D eigenvalue weighted by Crippen LogP contribution is -2.36. The molecule has 33 heavy (non-hydrogen) atoms. The fraction of sp³-hybridized carbons (Fsp3) is 0.267. The van der Waals surface area contributed by atoms with Gasteiger partial charge in [0.25, 0.3) is 0 Å². The summed E-state index contributed by atoms with van der Waals surface area (Å²) in [5.74, 6) is -0.0625. The van der Waals surface area contributed by atoms with Crippen LogP contribution >= 0.6 is 0 Å². The summed E-state index contributed by atoms with van der Waals surface area (Å²) in [7, 11) is 0. The second kappa shape index (κ2) is 12.5. The molecule has 172 valence electrons. The van der Waals surface area contributed by atoms with Crippen molar-refractivity contribution in [1.29, 1.82) is 0 Å². The predicted molar refractivity (Wildman–Crippen MR) is 141 cm³/mol. The van der Waals surface area contributed by atoms with E-state index < -0.39 is 0 Å². The van der Waals surface area contributed by atoms with Gasteiger partial charge in [-0.1, -0.05) is 69.3 Å². The summed E-state index contributed by atoms with van der Waals surface area (Å²) in [4.78, 5) is 10.0. The number of rotatable bonds is 4. The van der Waals surface area contributed by atoms with Gasteiger partial charge < -0.3 is 5.11 Å². The van der Waals surface area contributed by atoms with E-state index >= 15 is 0 Å². The van der Waals surface area contributed by atoms with Gasteiger partial charge in [0.2, 0.25) is 11.2 Å². The number of carbonyl (C=O) groups excluding carboxylic acids is 1. The van der Waals surface area contributed by atoms with Crippen molar-refractivity contribution >= 4 is 27.5 Å². The maximum atomic E-state index is 10.0. The van der Waals surface area contributed by atoms with Gasteiger partial charge in [0.1, 0.15) is 6.54 Å². The summed E-state index contributed by atoms with van der Waals surface area (Å²) in [6.07, 6.45) is 2.21. The van der Waals surface area contributed by atoms with Crippen molar-refractivity contribution in [3.63, 3.8) is 0 Å². The largest absolute Gasteiger partial charge is 0.512 e. The lowest BCUT2D eigenvalue weighted by molar-refractivity contribution is -0.655. The van der Waals surface area contributed by atoms with Crippen LogP contribution in [0.4, 0.5) is 0 Å². The van der Waals surface area contributed by atoms with Gasteiger partial charge in [0.15, 0.2) is 5.78 Å². The highest BCUT2D eigenvalue weighted by Crippen LogP contribution is 2.32. The molecule has 0 aliphatic carbocycles. The number of aromatic nitrogens is 1. The normalized spacial score (nSPS) is 10.8. The Labute approximate surface area is 198 Å². The van der Waals surface area contributed by atoms with Gasteiger partial charge in [-0.2, -0.15) is 4.57 Å². The molecule has 0 aliphatic rings. The second-order valence-electron chi connectivity index (χ2n) is 7.56. The average Bonchev–Trinajstić information content (AvgIpc) is 2.84. The topological polar surface area (TPSA) is 41.2 Å². The summed E-state index contributed by atoms with van der Waals surface area (Å²) < 4.78 is 2.46. The average molecular weight is 443 g/mol. The van der Waals surface area contributed by atoms with Crippen molar-refractivity contribution in [2.45, 2.75) is 54.5 Å². The van der Waals surface area contributed by atoms with Crippen molar-refractivity contribution in [3.8, 4) is 11.3 Å². The van der Waals surface area contributed by atoms with Crippen LogP contribution < -0.4 is 4.57 Å². The maximum absolute atomic E-state index is 10.0. The predicted octanol–water partition coefficient (Wildman–Crippen LogP) is 7.59. The van der Waals surface area contributed by atoms with Crippen molar-refractivity contribution in [1.82, 2.24) is 0 Å². The van der Waals surface area contributed by atoms with E-state index in [-0.39, 0.29) is 11.5 Å². The van der Waals surface area contributed by atoms with Crippen LogP contribution in [-0.2, 0) is 17.8 Å². The zero-order valence-corrected chi connectivity index (χ0v) is 20.7. The van der Waals surface area contributed by atoms with Gasteiger partial charge in [-0.25, -0.2) is 0 Å². The Balaban J connectivity index is 0.000000370. The Hall–Kier alpha value is -3.46. The zero-order valence-electron chi connectivity index (χ0n) is 20.7. The summed E-state index contributed by atoms with van der Waals surface area (Å²) in [6.45, 7) is 12.3. The standard InChI is InChI=1S/C23H22N.C5H8O2.C2H6/c1-3-17-11-5-6-12-18(17)23-21-15-8-7-13-19(21)20-14-9-10-16-22(20)24(23)4-2;1-4(6)3-5(2)7;1-2/h5-16H,3-4H2,1-2H3;3,6H,1-2H3;1-2H3/q+1;;/b;4-3-;. The van der Waals surface area contributed by atoms with Crippen LogP contribution in [0.1, 0.15) is 47.1 Å². The first kappa shape index (κ1) is 25.8. The molecule has 0 saturated heterocycles. The molecule has 1 N–H and O–H groups in total. The first-order valence-corrected chi connectivity index (χ1v) is 11.8. The second-order valence-corrected chi connectivity index (χ2v) is 7.56. The minimum absolute atomic E-state index is 0.0625. The number of ketones is 1. The van der Waals surface area contributed by atoms with Crippen LogP contribution in [0.3, 0.4) is 0 Å². The molecular weight excluding hydrogens is 406 g/mol. The molecule has 0 bridgehead atoms. The smallest absolute Gasteiger partial charge is 0.221 e. The Kier molecular flexibility index (Phi) is 9.81. The van der Waals surface area contributed by atoms with E-state index in [2.05, 4.69) is 91.2 Å². The first-order valence-electron chi connectivity index (χ1n) is 11.8. The highest BCUT2D eigenvalue weighted by molar-refractivity contribution is 6.08. The fourth-order valence-corrected chi connectivity index (χ4v) is 4.10. The lowest BCUT2D eigenvalue weighted by Gasteiger charge is -2.13. The molecule has 0 radical (unpaired) electrons. The van der Waals surface area contributed by atoms with Crippen molar-refractivity contribution < 1.29 is 14.5 Å². The number of hydrogen-bond donors (Lipinski definition) is 1. The number of nitrogens with zero attached hydrogens (tertiary/aromatic N) is 1. The quantitative estimate of drug-likeness (QED) is 0.153. The van der Waals surface area contributed by atoms with Crippen molar-refractivity contribution in [2.24, 2.45) is 0 Å². The van der Waals surface area contributed by atoms with Crippen molar-refractivity contribution in [2.75, 3.05) is 0 Å². The molecule has 0 atom stereocenters. The monoisotopic (exact) mass is 442 g/mol. The molecule has 1 heterocycles. The van der Waals surface area contributed by atoms with Gasteiger partial charge in [0.05, 0.1) is 16.5 Å². The number of aliphatic hydroxyl groups excluding tert-OH is 1. The molecular formula is C30H36NO2+. The molecule has 1 aromatic heterocycles. The highest BCUT2D eigenvalue weighted by Gasteiger charge is 2.22. The third-order valence-corrected chi connectivity index (χ3v) is 5.32. The molecule has 0 fully saturated rings. The van der Waals surface area contributed by atoms with Gasteiger partial charge in [0, 0.05) is 23.1 Å². The van der Waals surface area contributed by atoms with E-state index in [1.807, 2.05) is 13.8 Å². The lowest BCUT2D eigenvalue weighted by atomic mass is 9.95.